The fourth-order valence-corrected chi connectivity index (χ4v) is 2.14. The molecule has 2 aromatic carbocycles. The molecule has 0 bridgehead atoms. The molecule has 0 unspecified atom stereocenters. The van der Waals surface area contributed by atoms with Crippen LogP contribution >= 0.6 is 23.8 Å². The zero-order valence-electron chi connectivity index (χ0n) is 9.72. The fourth-order valence-electron chi connectivity index (χ4n) is 1.87. The number of aromatic amines is 1. The zero-order valence-corrected chi connectivity index (χ0v) is 11.3. The minimum Gasteiger partial charge on any atom is -0.338 e. The second kappa shape index (κ2) is 4.94. The van der Waals surface area contributed by atoms with Crippen molar-refractivity contribution in [3.05, 3.63) is 47.5 Å². The highest BCUT2D eigenvalue weighted by atomic mass is 35.5. The third-order valence-electron chi connectivity index (χ3n) is 2.76. The smallest absolute Gasteiger partial charge is 0.138 e. The minimum atomic E-state index is 0.688. The van der Waals surface area contributed by atoms with Crippen molar-refractivity contribution in [1.29, 1.82) is 0 Å². The van der Waals surface area contributed by atoms with Gasteiger partial charge in [-0.05, 0) is 54.7 Å². The van der Waals surface area contributed by atoms with Crippen LogP contribution in [-0.2, 0) is 0 Å². The Morgan fingerprint density at radius 2 is 1.95 bits per heavy atom. The van der Waals surface area contributed by atoms with Crippen LogP contribution in [0.1, 0.15) is 0 Å². The minimum absolute atomic E-state index is 0.688. The van der Waals surface area contributed by atoms with Crippen LogP contribution < -0.4 is 0 Å². The predicted molar refractivity (Wildman–Crippen MR) is 81.2 cm³/mol. The van der Waals surface area contributed by atoms with Crippen LogP contribution in [-0.4, -0.2) is 15.1 Å². The van der Waals surface area contributed by atoms with Crippen LogP contribution in [0.15, 0.2) is 47.5 Å². The molecule has 0 aliphatic heterocycles. The van der Waals surface area contributed by atoms with E-state index in [0.29, 0.717) is 5.02 Å². The molecule has 0 fully saturated rings. The SMILES string of the molecule is S=C=Nc1ccc(-c2nc3ccc(Cl)cc3[nH]2)cc1. The largest absolute Gasteiger partial charge is 0.338 e. The van der Waals surface area contributed by atoms with Gasteiger partial charge in [-0.2, -0.15) is 4.99 Å². The van der Waals surface area contributed by atoms with Crippen molar-refractivity contribution in [2.45, 2.75) is 0 Å². The molecule has 1 aromatic heterocycles. The van der Waals surface area contributed by atoms with E-state index in [4.69, 9.17) is 11.6 Å². The molecule has 0 radical (unpaired) electrons. The first-order valence-electron chi connectivity index (χ1n) is 5.60. The van der Waals surface area contributed by atoms with Gasteiger partial charge >= 0.3 is 0 Å². The molecule has 3 nitrogen and oxygen atoms in total. The van der Waals surface area contributed by atoms with Gasteiger partial charge in [0.15, 0.2) is 0 Å². The van der Waals surface area contributed by atoms with E-state index in [1.807, 2.05) is 42.5 Å². The number of aliphatic imine (C=N–C) groups is 1. The summed E-state index contributed by atoms with van der Waals surface area (Å²) >= 11 is 10.5. The molecule has 0 aliphatic carbocycles. The average molecular weight is 286 g/mol. The number of H-pyrrole nitrogens is 1. The summed E-state index contributed by atoms with van der Waals surface area (Å²) in [4.78, 5) is 11.7. The van der Waals surface area contributed by atoms with Gasteiger partial charge in [0.2, 0.25) is 0 Å². The lowest BCUT2D eigenvalue weighted by molar-refractivity contribution is 1.33. The van der Waals surface area contributed by atoms with Crippen LogP contribution in [0.2, 0.25) is 5.02 Å². The Morgan fingerprint density at radius 1 is 1.16 bits per heavy atom. The van der Waals surface area contributed by atoms with Crippen LogP contribution in [0.4, 0.5) is 5.69 Å². The molecular formula is C14H8ClN3S. The predicted octanol–water partition coefficient (Wildman–Crippen LogP) is 4.62. The number of nitrogens with zero attached hydrogens (tertiary/aromatic N) is 2. The van der Waals surface area contributed by atoms with E-state index in [1.54, 1.807) is 0 Å². The maximum atomic E-state index is 5.95. The lowest BCUT2D eigenvalue weighted by Crippen LogP contribution is -1.78. The summed E-state index contributed by atoms with van der Waals surface area (Å²) in [6.07, 6.45) is 0. The third kappa shape index (κ3) is 2.42. The van der Waals surface area contributed by atoms with Crippen LogP contribution in [0, 0.1) is 0 Å². The van der Waals surface area contributed by atoms with E-state index >= 15 is 0 Å². The molecule has 0 aliphatic rings. The Kier molecular flexibility index (Phi) is 3.13. The lowest BCUT2D eigenvalue weighted by Gasteiger charge is -1.96. The zero-order chi connectivity index (χ0) is 13.2. The number of thiocarbonyl (C=S) groups is 1. The second-order valence-corrected chi connectivity index (χ2v) is 4.62. The number of halogens is 1. The summed E-state index contributed by atoms with van der Waals surface area (Å²) in [6.45, 7) is 0. The Labute approximate surface area is 120 Å². The van der Waals surface area contributed by atoms with Gasteiger partial charge in [0.1, 0.15) is 5.82 Å². The van der Waals surface area contributed by atoms with Gasteiger partial charge in [-0.1, -0.05) is 11.6 Å². The van der Waals surface area contributed by atoms with E-state index in [-0.39, 0.29) is 0 Å². The monoisotopic (exact) mass is 285 g/mol. The van der Waals surface area contributed by atoms with Gasteiger partial charge in [0.25, 0.3) is 0 Å². The molecule has 1 N–H and O–H groups in total. The average Bonchev–Trinajstić information content (AvgIpc) is 2.83. The molecule has 5 heteroatoms. The second-order valence-electron chi connectivity index (χ2n) is 4.00. The summed E-state index contributed by atoms with van der Waals surface area (Å²) in [6, 6.07) is 13.2. The number of hydrogen-bond acceptors (Lipinski definition) is 3. The van der Waals surface area contributed by atoms with Gasteiger partial charge in [-0.3, -0.25) is 0 Å². The molecule has 3 rings (SSSR count). The topological polar surface area (TPSA) is 41.0 Å². The molecule has 0 amide bonds. The first-order chi connectivity index (χ1) is 9.26. The van der Waals surface area contributed by atoms with Crippen molar-refractivity contribution in [3.8, 4) is 11.4 Å². The number of benzene rings is 2. The van der Waals surface area contributed by atoms with Gasteiger partial charge in [-0.25, -0.2) is 4.98 Å². The van der Waals surface area contributed by atoms with Crippen molar-refractivity contribution in [3.63, 3.8) is 0 Å². The number of rotatable bonds is 2. The Balaban J connectivity index is 2.05. The van der Waals surface area contributed by atoms with E-state index < -0.39 is 0 Å². The molecule has 0 spiro atoms. The van der Waals surface area contributed by atoms with Gasteiger partial charge in [-0.15, -0.1) is 0 Å². The molecule has 1 heterocycles. The number of hydrogen-bond donors (Lipinski definition) is 1. The maximum Gasteiger partial charge on any atom is 0.138 e. The van der Waals surface area contributed by atoms with E-state index in [1.165, 1.54) is 0 Å². The Morgan fingerprint density at radius 3 is 2.68 bits per heavy atom. The molecule has 3 aromatic rings. The van der Waals surface area contributed by atoms with Gasteiger partial charge in [0, 0.05) is 10.6 Å². The van der Waals surface area contributed by atoms with Gasteiger partial charge < -0.3 is 4.98 Å². The normalized spacial score (nSPS) is 10.4. The van der Waals surface area contributed by atoms with Crippen LogP contribution in [0.25, 0.3) is 22.4 Å². The third-order valence-corrected chi connectivity index (χ3v) is 3.09. The highest BCUT2D eigenvalue weighted by Gasteiger charge is 2.05. The summed E-state index contributed by atoms with van der Waals surface area (Å²) in [7, 11) is 0. The van der Waals surface area contributed by atoms with Crippen molar-refractivity contribution < 1.29 is 0 Å². The van der Waals surface area contributed by atoms with Crippen molar-refractivity contribution in [2.75, 3.05) is 0 Å². The highest BCUT2D eigenvalue weighted by molar-refractivity contribution is 7.78. The van der Waals surface area contributed by atoms with E-state index in [9.17, 15) is 0 Å². The fraction of sp³-hybridized carbons (Fsp3) is 0. The summed E-state index contributed by atoms with van der Waals surface area (Å²) in [5.41, 5.74) is 3.57. The van der Waals surface area contributed by atoms with E-state index in [0.717, 1.165) is 28.1 Å². The van der Waals surface area contributed by atoms with Crippen molar-refractivity contribution >= 4 is 45.7 Å². The van der Waals surface area contributed by atoms with E-state index in [2.05, 4.69) is 32.3 Å². The summed E-state index contributed by atoms with van der Waals surface area (Å²) in [5.74, 6) is 0.801. The Hall–Kier alpha value is -2.00. The standard InChI is InChI=1S/C14H8ClN3S/c15-10-3-6-12-13(7-10)18-14(17-12)9-1-4-11(5-2-9)16-8-19/h1-7H,(H,17,18). The first-order valence-corrected chi connectivity index (χ1v) is 6.38. The van der Waals surface area contributed by atoms with Crippen LogP contribution in [0.5, 0.6) is 0 Å². The maximum absolute atomic E-state index is 5.95. The number of imidazole rings is 1. The summed E-state index contributed by atoms with van der Waals surface area (Å²) < 4.78 is 0. The highest BCUT2D eigenvalue weighted by Crippen LogP contribution is 2.24. The molecule has 92 valence electrons. The quantitative estimate of drug-likeness (QED) is 0.551. The van der Waals surface area contributed by atoms with Crippen molar-refractivity contribution in [1.82, 2.24) is 9.97 Å². The number of isothiocyanates is 1. The lowest BCUT2D eigenvalue weighted by atomic mass is 10.2. The molecular weight excluding hydrogens is 278 g/mol. The number of fused-ring (bicyclic) bond motifs is 1. The van der Waals surface area contributed by atoms with Crippen LogP contribution in [0.3, 0.4) is 0 Å². The first kappa shape index (κ1) is 12.1. The number of nitrogens with one attached hydrogen (secondary N) is 1. The molecule has 19 heavy (non-hydrogen) atoms. The van der Waals surface area contributed by atoms with Gasteiger partial charge in [0.05, 0.1) is 21.9 Å². The summed E-state index contributed by atoms with van der Waals surface area (Å²) in [5, 5.41) is 3.03. The molecule has 0 saturated heterocycles. The van der Waals surface area contributed by atoms with Crippen molar-refractivity contribution in [2.24, 2.45) is 4.99 Å². The number of aromatic nitrogens is 2. The molecule has 0 saturated carbocycles. The molecule has 0 atom stereocenters. The Bertz CT molecular complexity index is 786.